The molecule has 3 heteroatoms. The van der Waals surface area contributed by atoms with Gasteiger partial charge in [0.1, 0.15) is 6.29 Å². The lowest BCUT2D eigenvalue weighted by Crippen LogP contribution is -1.76. The van der Waals surface area contributed by atoms with Gasteiger partial charge in [-0.3, -0.25) is 9.74 Å². The van der Waals surface area contributed by atoms with E-state index in [1.807, 2.05) is 0 Å². The summed E-state index contributed by atoms with van der Waals surface area (Å²) in [5.74, 6) is -0.164. The molecule has 0 heterocycles. The lowest BCUT2D eigenvalue weighted by Gasteiger charge is -1.87. The second kappa shape index (κ2) is 4.49. The standard InChI is InChI=1S/C7H7FO2/c1-6(5-9)3-4-7(2)10-8/h3-5H,1-2H2/b4-3-. The first kappa shape index (κ1) is 8.62. The molecule has 54 valence electrons. The highest BCUT2D eigenvalue weighted by Crippen LogP contribution is 1.97. The van der Waals surface area contributed by atoms with Crippen LogP contribution in [0.1, 0.15) is 0 Å². The Morgan fingerprint density at radius 2 is 2.00 bits per heavy atom. The predicted molar refractivity (Wildman–Crippen MR) is 35.7 cm³/mol. The van der Waals surface area contributed by atoms with Gasteiger partial charge in [0.2, 0.25) is 0 Å². The fourth-order valence-electron chi connectivity index (χ4n) is 0.265. The van der Waals surface area contributed by atoms with Crippen LogP contribution in [0, 0.1) is 0 Å². The summed E-state index contributed by atoms with van der Waals surface area (Å²) >= 11 is 0. The average Bonchev–Trinajstić information content (AvgIpc) is 1.99. The van der Waals surface area contributed by atoms with Crippen LogP contribution in [0.4, 0.5) is 4.53 Å². The molecule has 0 aromatic carbocycles. The summed E-state index contributed by atoms with van der Waals surface area (Å²) < 4.78 is 11.2. The van der Waals surface area contributed by atoms with Crippen molar-refractivity contribution in [2.75, 3.05) is 0 Å². The zero-order valence-corrected chi connectivity index (χ0v) is 5.34. The zero-order chi connectivity index (χ0) is 7.98. The van der Waals surface area contributed by atoms with Crippen LogP contribution in [-0.2, 0) is 9.74 Å². The molecular formula is C7H7FO2. The Bertz CT molecular complexity index is 182. The van der Waals surface area contributed by atoms with Crippen molar-refractivity contribution < 1.29 is 14.3 Å². The third-order valence-corrected chi connectivity index (χ3v) is 0.734. The van der Waals surface area contributed by atoms with Crippen LogP contribution >= 0.6 is 0 Å². The number of hydrogen-bond donors (Lipinski definition) is 0. The minimum Gasteiger partial charge on any atom is -0.298 e. The summed E-state index contributed by atoms with van der Waals surface area (Å²) in [6.45, 7) is 6.44. The predicted octanol–water partition coefficient (Wildman–Crippen LogP) is 1.71. The van der Waals surface area contributed by atoms with E-state index >= 15 is 0 Å². The number of allylic oxidation sites excluding steroid dienone is 3. The monoisotopic (exact) mass is 142 g/mol. The number of halogens is 1. The molecule has 0 radical (unpaired) electrons. The number of aldehydes is 1. The van der Waals surface area contributed by atoms with Crippen LogP contribution in [0.15, 0.2) is 36.6 Å². The van der Waals surface area contributed by atoms with Gasteiger partial charge in [0.15, 0.2) is 5.76 Å². The van der Waals surface area contributed by atoms with Gasteiger partial charge in [-0.25, -0.2) is 0 Å². The van der Waals surface area contributed by atoms with Crippen LogP contribution < -0.4 is 0 Å². The van der Waals surface area contributed by atoms with Gasteiger partial charge in [-0.05, 0) is 12.2 Å². The molecule has 0 spiro atoms. The van der Waals surface area contributed by atoms with E-state index in [1.54, 1.807) is 0 Å². The molecule has 0 aliphatic carbocycles. The van der Waals surface area contributed by atoms with Gasteiger partial charge in [0, 0.05) is 10.1 Å². The molecule has 0 unspecified atom stereocenters. The smallest absolute Gasteiger partial charge is 0.164 e. The number of carbonyl (C=O) groups excluding carboxylic acids is 1. The first-order valence-electron chi connectivity index (χ1n) is 2.50. The molecule has 10 heavy (non-hydrogen) atoms. The topological polar surface area (TPSA) is 26.3 Å². The van der Waals surface area contributed by atoms with Gasteiger partial charge < -0.3 is 0 Å². The lowest BCUT2D eigenvalue weighted by molar-refractivity contribution is -0.104. The number of carbonyl (C=O) groups is 1. The van der Waals surface area contributed by atoms with Crippen molar-refractivity contribution in [1.82, 2.24) is 0 Å². The Labute approximate surface area is 58.2 Å². The molecule has 0 N–H and O–H groups in total. The molecule has 0 aliphatic heterocycles. The Morgan fingerprint density at radius 1 is 1.40 bits per heavy atom. The quantitative estimate of drug-likeness (QED) is 0.258. The van der Waals surface area contributed by atoms with Crippen molar-refractivity contribution >= 4 is 6.29 Å². The van der Waals surface area contributed by atoms with Gasteiger partial charge in [0.25, 0.3) is 0 Å². The molecule has 0 atom stereocenters. The van der Waals surface area contributed by atoms with Crippen molar-refractivity contribution in [3.8, 4) is 0 Å². The number of rotatable bonds is 4. The molecule has 0 bridgehead atoms. The molecule has 0 aromatic heterocycles. The van der Waals surface area contributed by atoms with E-state index in [-0.39, 0.29) is 11.3 Å². The summed E-state index contributed by atoms with van der Waals surface area (Å²) in [5.41, 5.74) is 0.234. The highest BCUT2D eigenvalue weighted by molar-refractivity contribution is 5.76. The van der Waals surface area contributed by atoms with Crippen molar-refractivity contribution in [2.45, 2.75) is 0 Å². The second-order valence-electron chi connectivity index (χ2n) is 1.57. The summed E-state index contributed by atoms with van der Waals surface area (Å²) in [7, 11) is 0. The summed E-state index contributed by atoms with van der Waals surface area (Å²) in [4.78, 5) is 13.1. The molecule has 0 saturated heterocycles. The molecular weight excluding hydrogens is 135 g/mol. The van der Waals surface area contributed by atoms with Crippen LogP contribution in [-0.4, -0.2) is 6.29 Å². The highest BCUT2D eigenvalue weighted by atomic mass is 19.3. The highest BCUT2D eigenvalue weighted by Gasteiger charge is 1.86. The maximum atomic E-state index is 11.2. The van der Waals surface area contributed by atoms with Gasteiger partial charge in [0.05, 0.1) is 0 Å². The molecule has 0 rings (SSSR count). The summed E-state index contributed by atoms with van der Waals surface area (Å²) in [6, 6.07) is 0. The first-order valence-corrected chi connectivity index (χ1v) is 2.50. The fraction of sp³-hybridized carbons (Fsp3) is 0. The van der Waals surface area contributed by atoms with Crippen LogP contribution in [0.5, 0.6) is 0 Å². The first-order chi connectivity index (χ1) is 4.70. The van der Waals surface area contributed by atoms with E-state index in [0.29, 0.717) is 6.29 Å². The Morgan fingerprint density at radius 3 is 2.40 bits per heavy atom. The van der Waals surface area contributed by atoms with E-state index in [0.717, 1.165) is 0 Å². The fourth-order valence-corrected chi connectivity index (χ4v) is 0.265. The summed E-state index contributed by atoms with van der Waals surface area (Å²) in [6.07, 6.45) is 3.05. The lowest BCUT2D eigenvalue weighted by atomic mass is 10.3. The molecule has 0 saturated carbocycles. The molecule has 0 aliphatic rings. The molecule has 0 amide bonds. The van der Waals surface area contributed by atoms with Crippen LogP contribution in [0.25, 0.3) is 0 Å². The van der Waals surface area contributed by atoms with Gasteiger partial charge >= 0.3 is 0 Å². The molecule has 0 aromatic rings. The zero-order valence-electron chi connectivity index (χ0n) is 5.34. The summed E-state index contributed by atoms with van der Waals surface area (Å²) in [5, 5.41) is 0. The van der Waals surface area contributed by atoms with Crippen molar-refractivity contribution in [1.29, 1.82) is 0 Å². The second-order valence-corrected chi connectivity index (χ2v) is 1.57. The number of hydrogen-bond acceptors (Lipinski definition) is 2. The normalized spacial score (nSPS) is 9.30. The molecule has 0 fully saturated rings. The Balaban J connectivity index is 3.87. The average molecular weight is 142 g/mol. The van der Waals surface area contributed by atoms with Crippen molar-refractivity contribution in [3.05, 3.63) is 36.6 Å². The van der Waals surface area contributed by atoms with Crippen LogP contribution in [0.3, 0.4) is 0 Å². The third-order valence-electron chi connectivity index (χ3n) is 0.734. The van der Waals surface area contributed by atoms with E-state index in [1.165, 1.54) is 12.2 Å². The van der Waals surface area contributed by atoms with Crippen molar-refractivity contribution in [3.63, 3.8) is 0 Å². The molecule has 2 nitrogen and oxygen atoms in total. The van der Waals surface area contributed by atoms with E-state index < -0.39 is 0 Å². The van der Waals surface area contributed by atoms with Gasteiger partial charge in [-0.2, -0.15) is 0 Å². The van der Waals surface area contributed by atoms with Gasteiger partial charge in [-0.1, -0.05) is 13.2 Å². The van der Waals surface area contributed by atoms with E-state index in [9.17, 15) is 9.32 Å². The van der Waals surface area contributed by atoms with Crippen molar-refractivity contribution in [2.24, 2.45) is 0 Å². The largest absolute Gasteiger partial charge is 0.298 e. The third kappa shape index (κ3) is 3.60. The maximum absolute atomic E-state index is 11.2. The Kier molecular flexibility index (Phi) is 3.87. The van der Waals surface area contributed by atoms with Gasteiger partial charge in [-0.15, -0.1) is 0 Å². The van der Waals surface area contributed by atoms with Crippen LogP contribution in [0.2, 0.25) is 0 Å². The SMILES string of the molecule is C=C(C=O)/C=C\C(=C)OF. The minimum atomic E-state index is -0.164. The maximum Gasteiger partial charge on any atom is 0.164 e. The van der Waals surface area contributed by atoms with E-state index in [4.69, 9.17) is 0 Å². The minimum absolute atomic E-state index is 0.164. The Hall–Kier alpha value is -1.38. The van der Waals surface area contributed by atoms with E-state index in [2.05, 4.69) is 18.1 Å².